The van der Waals surface area contributed by atoms with E-state index < -0.39 is 4.92 Å². The Kier molecular flexibility index (Phi) is 6.19. The molecule has 3 rings (SSSR count). The van der Waals surface area contributed by atoms with E-state index in [1.165, 1.54) is 30.1 Å². The fourth-order valence-electron chi connectivity index (χ4n) is 3.20. The Hall–Kier alpha value is -3.01. The van der Waals surface area contributed by atoms with Crippen molar-refractivity contribution < 1.29 is 18.8 Å². The number of piperazine rings is 1. The van der Waals surface area contributed by atoms with E-state index in [0.717, 1.165) is 5.56 Å². The number of nitro groups is 1. The van der Waals surface area contributed by atoms with Gasteiger partial charge >= 0.3 is 11.6 Å². The SMILES string of the molecule is COc1nn(CCC(=O)N2CCN(Cc3cccc(F)c3)CC2)cc1[N+](=O)[O-]. The van der Waals surface area contributed by atoms with Crippen LogP contribution in [0.5, 0.6) is 5.88 Å². The molecule has 0 unspecified atom stereocenters. The fraction of sp³-hybridized carbons (Fsp3) is 0.444. The molecular formula is C18H22FN5O4. The second-order valence-electron chi connectivity index (χ2n) is 6.58. The van der Waals surface area contributed by atoms with Gasteiger partial charge in [-0.15, -0.1) is 5.10 Å². The van der Waals surface area contributed by atoms with E-state index in [4.69, 9.17) is 4.74 Å². The molecule has 0 spiro atoms. The van der Waals surface area contributed by atoms with Crippen molar-refractivity contribution in [3.63, 3.8) is 0 Å². The van der Waals surface area contributed by atoms with Gasteiger partial charge in [-0.1, -0.05) is 12.1 Å². The van der Waals surface area contributed by atoms with Crippen LogP contribution in [0.4, 0.5) is 10.1 Å². The molecule has 2 aromatic rings. The maximum atomic E-state index is 13.3. The summed E-state index contributed by atoms with van der Waals surface area (Å²) in [5.74, 6) is -0.340. The zero-order valence-corrected chi connectivity index (χ0v) is 15.6. The topological polar surface area (TPSA) is 93.7 Å². The second kappa shape index (κ2) is 8.79. The standard InChI is InChI=1S/C18H22FN5O4/c1-28-18-16(24(26)27)13-23(20-18)6-5-17(25)22-9-7-21(8-10-22)12-14-3-2-4-15(19)11-14/h2-4,11,13H,5-10,12H2,1H3. The largest absolute Gasteiger partial charge is 0.475 e. The quantitative estimate of drug-likeness (QED) is 0.527. The molecule has 0 aliphatic carbocycles. The number of ether oxygens (including phenoxy) is 1. The summed E-state index contributed by atoms with van der Waals surface area (Å²) in [5, 5.41) is 14.9. The number of rotatable bonds is 7. The maximum absolute atomic E-state index is 13.3. The van der Waals surface area contributed by atoms with Gasteiger partial charge in [-0.25, -0.2) is 4.39 Å². The van der Waals surface area contributed by atoms with Crippen molar-refractivity contribution in [3.8, 4) is 5.88 Å². The third kappa shape index (κ3) is 4.83. The molecule has 9 nitrogen and oxygen atoms in total. The summed E-state index contributed by atoms with van der Waals surface area (Å²) < 4.78 is 19.5. The van der Waals surface area contributed by atoms with Crippen LogP contribution < -0.4 is 4.74 Å². The number of halogens is 1. The van der Waals surface area contributed by atoms with E-state index in [1.807, 2.05) is 6.07 Å². The third-order valence-electron chi connectivity index (χ3n) is 4.67. The number of amides is 1. The Labute approximate surface area is 161 Å². The molecule has 0 N–H and O–H groups in total. The molecule has 1 aromatic heterocycles. The minimum absolute atomic E-state index is 0.0254. The van der Waals surface area contributed by atoms with E-state index in [-0.39, 0.29) is 36.3 Å². The number of carbonyl (C=O) groups excluding carboxylic acids is 1. The molecule has 0 bridgehead atoms. The van der Waals surface area contributed by atoms with Gasteiger partial charge in [-0.05, 0) is 17.7 Å². The lowest BCUT2D eigenvalue weighted by Crippen LogP contribution is -2.48. The Morgan fingerprint density at radius 2 is 2.07 bits per heavy atom. The molecular weight excluding hydrogens is 369 g/mol. The lowest BCUT2D eigenvalue weighted by atomic mass is 10.2. The smallest absolute Gasteiger partial charge is 0.350 e. The van der Waals surface area contributed by atoms with Crippen LogP contribution in [-0.2, 0) is 17.9 Å². The van der Waals surface area contributed by atoms with Crippen molar-refractivity contribution in [1.29, 1.82) is 0 Å². The molecule has 1 fully saturated rings. The predicted octanol–water partition coefficient (Wildman–Crippen LogP) is 1.67. The average molecular weight is 391 g/mol. The summed E-state index contributed by atoms with van der Waals surface area (Å²) in [6, 6.07) is 6.52. The molecule has 1 aliphatic heterocycles. The first-order valence-electron chi connectivity index (χ1n) is 8.96. The highest BCUT2D eigenvalue weighted by Crippen LogP contribution is 2.24. The van der Waals surface area contributed by atoms with Crippen LogP contribution in [0.1, 0.15) is 12.0 Å². The molecule has 150 valence electrons. The first-order chi connectivity index (χ1) is 13.5. The lowest BCUT2D eigenvalue weighted by Gasteiger charge is -2.34. The molecule has 0 saturated carbocycles. The van der Waals surface area contributed by atoms with Gasteiger partial charge in [-0.2, -0.15) is 0 Å². The highest BCUT2D eigenvalue weighted by Gasteiger charge is 2.23. The zero-order chi connectivity index (χ0) is 20.1. The van der Waals surface area contributed by atoms with Gasteiger partial charge in [0.15, 0.2) is 0 Å². The number of nitrogens with zero attached hydrogens (tertiary/aromatic N) is 5. The summed E-state index contributed by atoms with van der Waals surface area (Å²) >= 11 is 0. The van der Waals surface area contributed by atoms with E-state index in [9.17, 15) is 19.3 Å². The maximum Gasteiger partial charge on any atom is 0.350 e. The van der Waals surface area contributed by atoms with Crippen molar-refractivity contribution >= 4 is 11.6 Å². The molecule has 0 radical (unpaired) electrons. The van der Waals surface area contributed by atoms with Crippen LogP contribution in [0.15, 0.2) is 30.5 Å². The van der Waals surface area contributed by atoms with Crippen molar-refractivity contribution in [2.75, 3.05) is 33.3 Å². The summed E-state index contributed by atoms with van der Waals surface area (Å²) in [4.78, 5) is 26.7. The highest BCUT2D eigenvalue weighted by molar-refractivity contribution is 5.76. The van der Waals surface area contributed by atoms with Crippen molar-refractivity contribution in [2.45, 2.75) is 19.5 Å². The molecule has 28 heavy (non-hydrogen) atoms. The Bertz CT molecular complexity index is 848. The Morgan fingerprint density at radius 1 is 1.32 bits per heavy atom. The van der Waals surface area contributed by atoms with E-state index in [0.29, 0.717) is 32.7 Å². The van der Waals surface area contributed by atoms with E-state index in [2.05, 4.69) is 10.00 Å². The summed E-state index contributed by atoms with van der Waals surface area (Å²) in [6.45, 7) is 3.50. The van der Waals surface area contributed by atoms with E-state index in [1.54, 1.807) is 11.0 Å². The average Bonchev–Trinajstić information content (AvgIpc) is 3.10. The molecule has 1 aromatic carbocycles. The molecule has 1 saturated heterocycles. The Morgan fingerprint density at radius 3 is 2.68 bits per heavy atom. The number of benzene rings is 1. The van der Waals surface area contributed by atoms with Crippen LogP contribution >= 0.6 is 0 Å². The van der Waals surface area contributed by atoms with Gasteiger partial charge in [0.2, 0.25) is 5.91 Å². The first kappa shape index (κ1) is 19.7. The summed E-state index contributed by atoms with van der Waals surface area (Å²) in [5.41, 5.74) is 0.690. The molecule has 1 amide bonds. The Balaban J connectivity index is 1.47. The third-order valence-corrected chi connectivity index (χ3v) is 4.67. The van der Waals surface area contributed by atoms with E-state index >= 15 is 0 Å². The highest BCUT2D eigenvalue weighted by atomic mass is 19.1. The number of hydrogen-bond donors (Lipinski definition) is 0. The number of aryl methyl sites for hydroxylation is 1. The second-order valence-corrected chi connectivity index (χ2v) is 6.58. The lowest BCUT2D eigenvalue weighted by molar-refractivity contribution is -0.385. The summed E-state index contributed by atoms with van der Waals surface area (Å²) in [6.07, 6.45) is 1.47. The monoisotopic (exact) mass is 391 g/mol. The predicted molar refractivity (Wildman–Crippen MR) is 98.3 cm³/mol. The van der Waals surface area contributed by atoms with Gasteiger partial charge in [0.05, 0.1) is 18.6 Å². The fourth-order valence-corrected chi connectivity index (χ4v) is 3.20. The van der Waals surface area contributed by atoms with Gasteiger partial charge in [-0.3, -0.25) is 24.5 Å². The molecule has 0 atom stereocenters. The van der Waals surface area contributed by atoms with Crippen LogP contribution in [0.2, 0.25) is 0 Å². The normalized spacial score (nSPS) is 14.9. The number of hydrogen-bond acceptors (Lipinski definition) is 6. The molecule has 10 heteroatoms. The number of carbonyl (C=O) groups is 1. The van der Waals surface area contributed by atoms with Gasteiger partial charge in [0.1, 0.15) is 12.0 Å². The van der Waals surface area contributed by atoms with Crippen molar-refractivity contribution in [3.05, 3.63) is 52.0 Å². The molecule has 1 aliphatic rings. The van der Waals surface area contributed by atoms with Crippen LogP contribution in [0, 0.1) is 15.9 Å². The van der Waals surface area contributed by atoms with Crippen LogP contribution in [0.3, 0.4) is 0 Å². The summed E-state index contributed by atoms with van der Waals surface area (Å²) in [7, 11) is 1.31. The minimum atomic E-state index is -0.567. The molecule has 2 heterocycles. The van der Waals surface area contributed by atoms with Crippen LogP contribution in [0.25, 0.3) is 0 Å². The van der Waals surface area contributed by atoms with Gasteiger partial charge in [0, 0.05) is 39.1 Å². The van der Waals surface area contributed by atoms with Crippen molar-refractivity contribution in [1.82, 2.24) is 19.6 Å². The number of aromatic nitrogens is 2. The van der Waals surface area contributed by atoms with Gasteiger partial charge < -0.3 is 9.64 Å². The zero-order valence-electron chi connectivity index (χ0n) is 15.6. The minimum Gasteiger partial charge on any atom is -0.475 e. The van der Waals surface area contributed by atoms with Crippen molar-refractivity contribution in [2.24, 2.45) is 0 Å². The van der Waals surface area contributed by atoms with Crippen LogP contribution in [-0.4, -0.2) is 63.7 Å². The first-order valence-corrected chi connectivity index (χ1v) is 8.96. The van der Waals surface area contributed by atoms with Gasteiger partial charge in [0.25, 0.3) is 0 Å². The number of methoxy groups -OCH3 is 1.